The van der Waals surface area contributed by atoms with Gasteiger partial charge in [0.05, 0.1) is 12.4 Å². The molecule has 0 bridgehead atoms. The molecule has 0 saturated heterocycles. The number of amides is 1. The molecule has 0 aliphatic carbocycles. The van der Waals surface area contributed by atoms with Crippen LogP contribution in [0.4, 0.5) is 10.5 Å². The molecule has 1 heterocycles. The van der Waals surface area contributed by atoms with Crippen molar-refractivity contribution in [3.63, 3.8) is 0 Å². The molecule has 0 aliphatic heterocycles. The van der Waals surface area contributed by atoms with E-state index in [2.05, 4.69) is 15.6 Å². The Kier molecular flexibility index (Phi) is 3.29. The molecule has 1 aromatic heterocycles. The standard InChI is InChI=1S/C10H10N4O2S/c1-7-8(12-10(15)16)3-2-4-9(7)17-14-6-5-11-13-14/h2-6,12H,1H3,(H,15,16). The Hall–Kier alpha value is -2.02. The van der Waals surface area contributed by atoms with E-state index in [0.717, 1.165) is 10.5 Å². The highest BCUT2D eigenvalue weighted by molar-refractivity contribution is 7.97. The summed E-state index contributed by atoms with van der Waals surface area (Å²) in [7, 11) is 0. The highest BCUT2D eigenvalue weighted by Gasteiger charge is 2.07. The van der Waals surface area contributed by atoms with Crippen LogP contribution >= 0.6 is 11.9 Å². The van der Waals surface area contributed by atoms with Crippen molar-refractivity contribution in [2.75, 3.05) is 5.32 Å². The van der Waals surface area contributed by atoms with Gasteiger partial charge in [-0.1, -0.05) is 11.3 Å². The molecule has 0 spiro atoms. The average molecular weight is 250 g/mol. The number of hydrogen-bond acceptors (Lipinski definition) is 4. The number of benzene rings is 1. The van der Waals surface area contributed by atoms with Gasteiger partial charge in [0, 0.05) is 22.5 Å². The second kappa shape index (κ2) is 4.88. The number of anilines is 1. The number of carbonyl (C=O) groups is 1. The molecule has 17 heavy (non-hydrogen) atoms. The summed E-state index contributed by atoms with van der Waals surface area (Å²) in [4.78, 5) is 11.5. The fourth-order valence-corrected chi connectivity index (χ4v) is 2.09. The summed E-state index contributed by atoms with van der Waals surface area (Å²) in [6.07, 6.45) is 2.24. The van der Waals surface area contributed by atoms with E-state index in [4.69, 9.17) is 5.11 Å². The predicted molar refractivity (Wildman–Crippen MR) is 64.1 cm³/mol. The molecule has 88 valence electrons. The van der Waals surface area contributed by atoms with Gasteiger partial charge in [0.15, 0.2) is 0 Å². The Morgan fingerprint density at radius 2 is 2.35 bits per heavy atom. The maximum Gasteiger partial charge on any atom is 0.409 e. The first-order chi connectivity index (χ1) is 8.16. The summed E-state index contributed by atoms with van der Waals surface area (Å²) >= 11 is 1.37. The number of aromatic nitrogens is 3. The Morgan fingerprint density at radius 1 is 1.53 bits per heavy atom. The van der Waals surface area contributed by atoms with Gasteiger partial charge in [0.2, 0.25) is 0 Å². The Balaban J connectivity index is 2.26. The van der Waals surface area contributed by atoms with Gasteiger partial charge in [-0.3, -0.25) is 5.32 Å². The molecular weight excluding hydrogens is 240 g/mol. The third-order valence-corrected chi connectivity index (χ3v) is 3.14. The quantitative estimate of drug-likeness (QED) is 0.873. The first kappa shape index (κ1) is 11.5. The Morgan fingerprint density at radius 3 is 3.00 bits per heavy atom. The monoisotopic (exact) mass is 250 g/mol. The topological polar surface area (TPSA) is 80.0 Å². The maximum atomic E-state index is 10.6. The smallest absolute Gasteiger partial charge is 0.409 e. The number of hydrogen-bond donors (Lipinski definition) is 2. The van der Waals surface area contributed by atoms with Crippen LogP contribution in [0, 0.1) is 6.92 Å². The van der Waals surface area contributed by atoms with E-state index in [0.29, 0.717) is 5.69 Å². The van der Waals surface area contributed by atoms with E-state index in [1.807, 2.05) is 13.0 Å². The lowest BCUT2D eigenvalue weighted by atomic mass is 10.2. The molecule has 7 heteroatoms. The molecule has 0 unspecified atom stereocenters. The van der Waals surface area contributed by atoms with Gasteiger partial charge in [0.1, 0.15) is 0 Å². The van der Waals surface area contributed by atoms with Crippen LogP contribution in [0.5, 0.6) is 0 Å². The molecule has 0 fully saturated rings. The minimum atomic E-state index is -1.07. The summed E-state index contributed by atoms with van der Waals surface area (Å²) in [5.41, 5.74) is 1.43. The summed E-state index contributed by atoms with van der Waals surface area (Å²) in [5.74, 6) is 0. The molecule has 2 aromatic rings. The van der Waals surface area contributed by atoms with Gasteiger partial charge in [-0.25, -0.2) is 4.79 Å². The Bertz CT molecular complexity index is 527. The van der Waals surface area contributed by atoms with Gasteiger partial charge in [-0.15, -0.1) is 5.10 Å². The van der Waals surface area contributed by atoms with Crippen molar-refractivity contribution in [1.29, 1.82) is 0 Å². The SMILES string of the molecule is Cc1c(NC(=O)O)cccc1Sn1ccnn1. The number of carboxylic acid groups (broad SMARTS) is 1. The van der Waals surface area contributed by atoms with E-state index in [9.17, 15) is 4.79 Å². The van der Waals surface area contributed by atoms with Gasteiger partial charge >= 0.3 is 6.09 Å². The van der Waals surface area contributed by atoms with Crippen LogP contribution < -0.4 is 5.32 Å². The second-order valence-electron chi connectivity index (χ2n) is 3.26. The van der Waals surface area contributed by atoms with Crippen molar-refractivity contribution < 1.29 is 9.90 Å². The number of nitrogens with zero attached hydrogens (tertiary/aromatic N) is 3. The predicted octanol–water partition coefficient (Wildman–Crippen LogP) is 2.23. The molecule has 0 saturated carbocycles. The molecule has 0 atom stereocenters. The van der Waals surface area contributed by atoms with Gasteiger partial charge in [-0.2, -0.15) is 4.09 Å². The normalized spacial score (nSPS) is 10.2. The van der Waals surface area contributed by atoms with Crippen molar-refractivity contribution in [3.8, 4) is 0 Å². The average Bonchev–Trinajstić information content (AvgIpc) is 2.76. The van der Waals surface area contributed by atoms with Gasteiger partial charge < -0.3 is 5.11 Å². The molecule has 1 aromatic carbocycles. The summed E-state index contributed by atoms with van der Waals surface area (Å²) in [6, 6.07) is 5.40. The molecule has 2 N–H and O–H groups in total. The van der Waals surface area contributed by atoms with Gasteiger partial charge in [-0.05, 0) is 24.6 Å². The third-order valence-electron chi connectivity index (χ3n) is 2.12. The lowest BCUT2D eigenvalue weighted by molar-refractivity contribution is 0.209. The molecule has 1 amide bonds. The summed E-state index contributed by atoms with van der Waals surface area (Å²) < 4.78 is 1.60. The van der Waals surface area contributed by atoms with Crippen molar-refractivity contribution in [2.24, 2.45) is 0 Å². The van der Waals surface area contributed by atoms with E-state index in [-0.39, 0.29) is 0 Å². The van der Waals surface area contributed by atoms with E-state index in [1.165, 1.54) is 11.9 Å². The molecule has 2 rings (SSSR count). The molecular formula is C10H10N4O2S. The first-order valence-corrected chi connectivity index (χ1v) is 5.58. The van der Waals surface area contributed by atoms with Crippen LogP contribution in [0.15, 0.2) is 35.5 Å². The van der Waals surface area contributed by atoms with Crippen LogP contribution in [0.1, 0.15) is 5.56 Å². The largest absolute Gasteiger partial charge is 0.465 e. The zero-order chi connectivity index (χ0) is 12.3. The van der Waals surface area contributed by atoms with Crippen molar-refractivity contribution in [1.82, 2.24) is 14.4 Å². The minimum absolute atomic E-state index is 0.572. The van der Waals surface area contributed by atoms with Crippen LogP contribution in [-0.2, 0) is 0 Å². The lowest BCUT2D eigenvalue weighted by Crippen LogP contribution is -2.08. The lowest BCUT2D eigenvalue weighted by Gasteiger charge is -2.09. The van der Waals surface area contributed by atoms with Crippen molar-refractivity contribution in [2.45, 2.75) is 11.8 Å². The number of nitrogens with one attached hydrogen (secondary N) is 1. The maximum absolute atomic E-state index is 10.6. The zero-order valence-corrected chi connectivity index (χ0v) is 9.81. The summed E-state index contributed by atoms with van der Waals surface area (Å²) in [5, 5.41) is 18.6. The van der Waals surface area contributed by atoms with Crippen LogP contribution in [0.3, 0.4) is 0 Å². The van der Waals surface area contributed by atoms with Crippen LogP contribution in [0.2, 0.25) is 0 Å². The minimum Gasteiger partial charge on any atom is -0.465 e. The van der Waals surface area contributed by atoms with E-state index < -0.39 is 6.09 Å². The van der Waals surface area contributed by atoms with Crippen LogP contribution in [0.25, 0.3) is 0 Å². The summed E-state index contributed by atoms with van der Waals surface area (Å²) in [6.45, 7) is 1.85. The number of rotatable bonds is 3. The molecule has 0 aliphatic rings. The molecule has 6 nitrogen and oxygen atoms in total. The van der Waals surface area contributed by atoms with Gasteiger partial charge in [0.25, 0.3) is 0 Å². The van der Waals surface area contributed by atoms with E-state index >= 15 is 0 Å². The fraction of sp³-hybridized carbons (Fsp3) is 0.100. The highest BCUT2D eigenvalue weighted by Crippen LogP contribution is 2.28. The highest BCUT2D eigenvalue weighted by atomic mass is 32.2. The first-order valence-electron chi connectivity index (χ1n) is 4.81. The molecule has 0 radical (unpaired) electrons. The van der Waals surface area contributed by atoms with Crippen LogP contribution in [-0.4, -0.2) is 25.6 Å². The third kappa shape index (κ3) is 2.76. The van der Waals surface area contributed by atoms with Crippen molar-refractivity contribution in [3.05, 3.63) is 36.2 Å². The zero-order valence-electron chi connectivity index (χ0n) is 8.99. The second-order valence-corrected chi connectivity index (χ2v) is 4.25. The van der Waals surface area contributed by atoms with Crippen molar-refractivity contribution >= 4 is 23.7 Å². The fourth-order valence-electron chi connectivity index (χ4n) is 1.31. The Labute approximate surface area is 102 Å². The van der Waals surface area contributed by atoms with E-state index in [1.54, 1.807) is 28.6 Å².